The minimum absolute atomic E-state index is 0.700. The first-order valence-corrected chi connectivity index (χ1v) is 49.2. The molecular formula is C112H132N2O4S2. The van der Waals surface area contributed by atoms with E-state index in [9.17, 15) is 0 Å². The molecule has 2 aliphatic carbocycles. The van der Waals surface area contributed by atoms with Crippen molar-refractivity contribution in [2.75, 3.05) is 26.4 Å². The van der Waals surface area contributed by atoms with E-state index in [-0.39, 0.29) is 0 Å². The summed E-state index contributed by atoms with van der Waals surface area (Å²) in [6, 6.07) is 63.7. The molecular weight excluding hydrogens is 1500 g/mol. The van der Waals surface area contributed by atoms with E-state index in [4.69, 9.17) is 28.9 Å². The van der Waals surface area contributed by atoms with Gasteiger partial charge in [-0.15, -0.1) is 22.7 Å². The summed E-state index contributed by atoms with van der Waals surface area (Å²) in [6.07, 6.45) is 60.8. The highest BCUT2D eigenvalue weighted by Gasteiger charge is 2.34. The number of benzene rings is 8. The van der Waals surface area contributed by atoms with Gasteiger partial charge in [-0.3, -0.25) is 0 Å². The molecule has 0 saturated carbocycles. The molecule has 2 aliphatic heterocycles. The number of thiophene rings is 2. The molecule has 120 heavy (non-hydrogen) atoms. The Morgan fingerprint density at radius 2 is 0.400 bits per heavy atom. The first-order chi connectivity index (χ1) is 59.5. The molecule has 0 amide bonds. The van der Waals surface area contributed by atoms with E-state index < -0.39 is 0 Å². The number of aromatic nitrogens is 2. The van der Waals surface area contributed by atoms with Crippen LogP contribution in [0.4, 0.5) is 0 Å². The number of unbranched alkanes of at least 4 members (excludes halogenated alkanes) is 36. The molecule has 5 heterocycles. The summed E-state index contributed by atoms with van der Waals surface area (Å²) >= 11 is 3.78. The summed E-state index contributed by atoms with van der Waals surface area (Å²) < 4.78 is 31.4. The Morgan fingerprint density at radius 3 is 0.600 bits per heavy atom. The van der Waals surface area contributed by atoms with Crippen LogP contribution in [0.1, 0.15) is 307 Å². The molecule has 15 rings (SSSR count). The third kappa shape index (κ3) is 21.1. The summed E-state index contributed by atoms with van der Waals surface area (Å²) in [4.78, 5) is 12.3. The van der Waals surface area contributed by atoms with Gasteiger partial charge in [-0.2, -0.15) is 0 Å². The zero-order chi connectivity index (χ0) is 81.9. The molecule has 8 bridgehead atoms. The molecule has 8 heteroatoms. The SMILES string of the molecule is CCCCCCCCCCCCOc1ccc(-c2c3nc(c(-c4ccc(OCCCCCCCCCCCC)cc4)c4sc(c(-c5ccc(OCCCCCCCCCCCC)cc5)c5nc(c(-c6ccc(OCCCCCCCCCCCC)cc6)c6sc2c2c6-c6cccc7cccc-2c67)C=C5)c2c4-c4cccc5cccc-2c45)C=C3)cc1. The first kappa shape index (κ1) is 85.9. The Labute approximate surface area is 726 Å². The minimum Gasteiger partial charge on any atom is -0.494 e. The van der Waals surface area contributed by atoms with Crippen LogP contribution in [0.25, 0.3) is 154 Å². The van der Waals surface area contributed by atoms with Gasteiger partial charge in [0.1, 0.15) is 23.0 Å². The lowest BCUT2D eigenvalue weighted by molar-refractivity contribution is 0.304. The van der Waals surface area contributed by atoms with Crippen LogP contribution in [0.2, 0.25) is 0 Å². The van der Waals surface area contributed by atoms with E-state index in [1.165, 1.54) is 316 Å². The van der Waals surface area contributed by atoms with E-state index in [0.717, 1.165) is 116 Å². The molecule has 0 spiro atoms. The topological polar surface area (TPSA) is 62.7 Å². The number of hydrogen-bond donors (Lipinski definition) is 0. The van der Waals surface area contributed by atoms with Gasteiger partial charge in [0.25, 0.3) is 0 Å². The van der Waals surface area contributed by atoms with E-state index in [1.54, 1.807) is 0 Å². The lowest BCUT2D eigenvalue weighted by atomic mass is 9.97. The third-order valence-electron chi connectivity index (χ3n) is 25.6. The van der Waals surface area contributed by atoms with Crippen LogP contribution in [-0.2, 0) is 0 Å². The van der Waals surface area contributed by atoms with Gasteiger partial charge < -0.3 is 18.9 Å². The van der Waals surface area contributed by atoms with Gasteiger partial charge in [0.2, 0.25) is 0 Å². The summed E-state index contributed by atoms with van der Waals surface area (Å²) in [5.41, 5.74) is 22.3. The van der Waals surface area contributed by atoms with Gasteiger partial charge in [0, 0.05) is 63.3 Å². The second-order valence-corrected chi connectivity index (χ2v) is 36.6. The molecule has 0 N–H and O–H groups in total. The van der Waals surface area contributed by atoms with E-state index in [2.05, 4.69) is 222 Å². The second-order valence-electron chi connectivity index (χ2n) is 34.6. The fraction of sp³-hybridized carbons (Fsp3) is 0.429. The van der Waals surface area contributed by atoms with Crippen molar-refractivity contribution in [2.24, 2.45) is 0 Å². The number of rotatable bonds is 52. The Kier molecular flexibility index (Phi) is 31.9. The zero-order valence-electron chi connectivity index (χ0n) is 72.9. The molecule has 0 fully saturated rings. The molecule has 0 atom stereocenters. The smallest absolute Gasteiger partial charge is 0.119 e. The molecule has 4 aliphatic rings. The Morgan fingerprint density at radius 1 is 0.208 bits per heavy atom. The van der Waals surface area contributed by atoms with Crippen molar-refractivity contribution < 1.29 is 18.9 Å². The van der Waals surface area contributed by atoms with Gasteiger partial charge in [0.05, 0.1) is 49.2 Å². The predicted octanol–water partition coefficient (Wildman–Crippen LogP) is 35.6. The highest BCUT2D eigenvalue weighted by Crippen LogP contribution is 2.61. The highest BCUT2D eigenvalue weighted by atomic mass is 32.1. The standard InChI is InChI=1S/C112H132N2O4S2/c1-5-9-13-17-21-25-29-33-37-41-77-115-87-65-57-83(58-66-87)101-95-73-74-96(113-95)102(84-59-67-88(68-60-84)116-78-42-38-34-30-26-22-18-14-10-6-2)111-107-93-55-47-51-82-52-48-56-94(100(82)93)108(107)112(120-111)104(86-63-71-90(72-64-86)118-80-44-40-36-32-28-24-20-16-12-8-4)98-76-75-97(114-98)103(85-61-69-89(70-62-85)117-79-43-39-35-31-27-23-19-15-11-7-3)110-106-92-54-46-50-81-49-45-53-91(99(81)92)105(106)109(101)119-110/h45-76H,5-44,77-80H2,1-4H3. The molecule has 11 aromatic rings. The average molecular weight is 1630 g/mol. The van der Waals surface area contributed by atoms with Crippen molar-refractivity contribution >= 4 is 87.3 Å². The van der Waals surface area contributed by atoms with Gasteiger partial charge in [0.15, 0.2) is 0 Å². The Hall–Kier alpha value is -9.08. The van der Waals surface area contributed by atoms with Crippen LogP contribution in [0.15, 0.2) is 170 Å². The molecule has 0 unspecified atom stereocenters. The molecule has 8 aromatic carbocycles. The van der Waals surface area contributed by atoms with Crippen molar-refractivity contribution in [3.63, 3.8) is 0 Å². The van der Waals surface area contributed by atoms with Crippen LogP contribution in [0.3, 0.4) is 0 Å². The van der Waals surface area contributed by atoms with E-state index in [1.807, 2.05) is 22.7 Å². The van der Waals surface area contributed by atoms with Crippen LogP contribution in [0.5, 0.6) is 23.0 Å². The summed E-state index contributed by atoms with van der Waals surface area (Å²) in [6.45, 7) is 12.0. The molecule has 0 saturated heterocycles. The molecule has 6 nitrogen and oxygen atoms in total. The Balaban J connectivity index is 0.901. The molecule has 626 valence electrons. The fourth-order valence-corrected chi connectivity index (χ4v) is 21.9. The van der Waals surface area contributed by atoms with E-state index >= 15 is 0 Å². The van der Waals surface area contributed by atoms with Crippen LogP contribution in [-0.4, -0.2) is 36.4 Å². The van der Waals surface area contributed by atoms with Gasteiger partial charge >= 0.3 is 0 Å². The van der Waals surface area contributed by atoms with Crippen LogP contribution >= 0.6 is 22.7 Å². The lowest BCUT2D eigenvalue weighted by Gasteiger charge is -2.11. The second kappa shape index (κ2) is 44.6. The summed E-state index contributed by atoms with van der Waals surface area (Å²) in [5, 5.41) is 5.02. The van der Waals surface area contributed by atoms with Gasteiger partial charge in [-0.1, -0.05) is 380 Å². The van der Waals surface area contributed by atoms with Gasteiger partial charge in [-0.05, 0) is 165 Å². The largest absolute Gasteiger partial charge is 0.494 e. The molecule has 3 aromatic heterocycles. The maximum atomic E-state index is 6.68. The Bertz CT molecular complexity index is 4740. The predicted molar refractivity (Wildman–Crippen MR) is 521 cm³/mol. The first-order valence-electron chi connectivity index (χ1n) is 47.6. The third-order valence-corrected chi connectivity index (χ3v) is 28.0. The average Bonchev–Trinajstić information content (AvgIpc) is 1.54. The van der Waals surface area contributed by atoms with Crippen molar-refractivity contribution in [3.05, 3.63) is 193 Å². The van der Waals surface area contributed by atoms with Crippen LogP contribution < -0.4 is 18.9 Å². The quantitative estimate of drug-likeness (QED) is 0.0354. The van der Waals surface area contributed by atoms with E-state index in [0.29, 0.717) is 26.4 Å². The number of hydrogen-bond acceptors (Lipinski definition) is 8. The lowest BCUT2D eigenvalue weighted by Crippen LogP contribution is -1.97. The van der Waals surface area contributed by atoms with Crippen molar-refractivity contribution in [3.8, 4) is 112 Å². The van der Waals surface area contributed by atoms with Gasteiger partial charge in [-0.25, -0.2) is 9.97 Å². The van der Waals surface area contributed by atoms with Crippen molar-refractivity contribution in [2.45, 2.75) is 285 Å². The minimum atomic E-state index is 0.700. The monoisotopic (exact) mass is 1630 g/mol. The number of ether oxygens (including phenoxy) is 4. The highest BCUT2D eigenvalue weighted by molar-refractivity contribution is 7.26. The number of fused-ring (bicyclic) bond motifs is 18. The maximum absolute atomic E-state index is 6.68. The fourth-order valence-electron chi connectivity index (χ4n) is 19.0. The normalized spacial score (nSPS) is 12.2. The number of nitrogens with zero attached hydrogens (tertiary/aromatic N) is 2. The molecule has 0 radical (unpaired) electrons. The maximum Gasteiger partial charge on any atom is 0.119 e. The summed E-state index contributed by atoms with van der Waals surface area (Å²) in [7, 11) is 0. The zero-order valence-corrected chi connectivity index (χ0v) is 74.6. The summed E-state index contributed by atoms with van der Waals surface area (Å²) in [5.74, 6) is 3.57. The van der Waals surface area contributed by atoms with Crippen molar-refractivity contribution in [1.29, 1.82) is 0 Å². The van der Waals surface area contributed by atoms with Crippen LogP contribution in [0, 0.1) is 0 Å². The van der Waals surface area contributed by atoms with Crippen molar-refractivity contribution in [1.82, 2.24) is 9.97 Å².